The van der Waals surface area contributed by atoms with Crippen molar-refractivity contribution in [3.8, 4) is 5.75 Å². The number of para-hydroxylation sites is 1. The molecule has 0 spiro atoms. The number of amidine groups is 1. The number of sulfone groups is 1. The summed E-state index contributed by atoms with van der Waals surface area (Å²) in [6, 6.07) is 14.2. The van der Waals surface area contributed by atoms with Gasteiger partial charge in [-0.1, -0.05) is 47.6 Å². The van der Waals surface area contributed by atoms with Crippen molar-refractivity contribution < 1.29 is 17.9 Å². The van der Waals surface area contributed by atoms with Gasteiger partial charge in [-0.2, -0.15) is 4.99 Å². The fourth-order valence-electron chi connectivity index (χ4n) is 3.49. The van der Waals surface area contributed by atoms with E-state index < -0.39 is 15.7 Å². The molecule has 2 atom stereocenters. The van der Waals surface area contributed by atoms with Crippen LogP contribution in [0.2, 0.25) is 5.02 Å². The molecule has 0 bridgehead atoms. The first-order valence-electron chi connectivity index (χ1n) is 9.04. The van der Waals surface area contributed by atoms with Gasteiger partial charge in [0.05, 0.1) is 17.5 Å². The number of thioether (sulfide) groups is 1. The molecule has 2 saturated heterocycles. The van der Waals surface area contributed by atoms with Gasteiger partial charge in [0.1, 0.15) is 5.75 Å². The predicted molar refractivity (Wildman–Crippen MR) is 117 cm³/mol. The summed E-state index contributed by atoms with van der Waals surface area (Å²) >= 11 is 7.52. The zero-order chi connectivity index (χ0) is 20.6. The number of aliphatic imine (C=N–C) groups is 1. The zero-order valence-electron chi connectivity index (χ0n) is 15.6. The maximum absolute atomic E-state index is 12.5. The number of hydrogen-bond donors (Lipinski definition) is 0. The molecule has 0 aliphatic carbocycles. The number of halogens is 1. The molecule has 0 N–H and O–H groups in total. The highest BCUT2D eigenvalue weighted by Crippen LogP contribution is 2.42. The number of carbonyl (C=O) groups is 1. The Kier molecular flexibility index (Phi) is 5.59. The summed E-state index contributed by atoms with van der Waals surface area (Å²) in [5.74, 6) is 0.269. The van der Waals surface area contributed by atoms with Crippen LogP contribution in [-0.2, 0) is 14.6 Å². The van der Waals surface area contributed by atoms with E-state index in [9.17, 15) is 13.2 Å². The molecule has 152 valence electrons. The lowest BCUT2D eigenvalue weighted by Gasteiger charge is -2.26. The van der Waals surface area contributed by atoms with E-state index in [-0.39, 0.29) is 29.4 Å². The van der Waals surface area contributed by atoms with Crippen LogP contribution >= 0.6 is 23.4 Å². The fraction of sp³-hybridized carbons (Fsp3) is 0.300. The minimum atomic E-state index is -3.13. The Balaban J connectivity index is 1.61. The average molecular weight is 451 g/mol. The van der Waals surface area contributed by atoms with E-state index in [4.69, 9.17) is 16.3 Å². The number of amides is 1. The second kappa shape index (κ2) is 8.01. The minimum Gasteiger partial charge on any atom is -0.484 e. The van der Waals surface area contributed by atoms with Gasteiger partial charge in [-0.05, 0) is 36.8 Å². The molecule has 2 aromatic rings. The quantitative estimate of drug-likeness (QED) is 0.711. The molecule has 0 aromatic heterocycles. The molecule has 2 aliphatic heterocycles. The summed E-state index contributed by atoms with van der Waals surface area (Å²) in [6.07, 6.45) is 0. The van der Waals surface area contributed by atoms with Crippen LogP contribution < -0.4 is 9.64 Å². The standard InChI is InChI=1S/C20H19ClN2O4S2/c1-13-7-8-14(21)9-16(13)23-17-11-29(25,26)12-18(17)28-20(23)22-19(24)10-27-15-5-3-2-4-6-15/h2-9,17-18H,10-12H2,1H3. The second-order valence-corrected chi connectivity index (χ2v) is 10.8. The topological polar surface area (TPSA) is 76.0 Å². The summed E-state index contributed by atoms with van der Waals surface area (Å²) < 4.78 is 29.8. The van der Waals surface area contributed by atoms with Crippen molar-refractivity contribution in [2.45, 2.75) is 18.2 Å². The maximum Gasteiger partial charge on any atom is 0.285 e. The highest BCUT2D eigenvalue weighted by molar-refractivity contribution is 8.16. The summed E-state index contributed by atoms with van der Waals surface area (Å²) in [4.78, 5) is 18.6. The minimum absolute atomic E-state index is 0.0321. The molecule has 6 nitrogen and oxygen atoms in total. The van der Waals surface area contributed by atoms with Crippen molar-refractivity contribution in [1.29, 1.82) is 0 Å². The van der Waals surface area contributed by atoms with Gasteiger partial charge in [-0.25, -0.2) is 8.42 Å². The normalized spacial score (nSPS) is 23.9. The highest BCUT2D eigenvalue weighted by Gasteiger charge is 2.49. The molecule has 2 aromatic carbocycles. The number of rotatable bonds is 4. The second-order valence-electron chi connectivity index (χ2n) is 6.99. The van der Waals surface area contributed by atoms with E-state index in [1.807, 2.05) is 36.1 Å². The lowest BCUT2D eigenvalue weighted by Crippen LogP contribution is -2.38. The third-order valence-electron chi connectivity index (χ3n) is 4.82. The number of fused-ring (bicyclic) bond motifs is 1. The Morgan fingerprint density at radius 3 is 2.76 bits per heavy atom. The molecule has 0 saturated carbocycles. The average Bonchev–Trinajstić information content (AvgIpc) is 3.14. The van der Waals surface area contributed by atoms with Crippen LogP contribution in [0.3, 0.4) is 0 Å². The molecule has 2 unspecified atom stereocenters. The van der Waals surface area contributed by atoms with Crippen LogP contribution in [-0.4, -0.2) is 48.9 Å². The number of hydrogen-bond acceptors (Lipinski definition) is 5. The van der Waals surface area contributed by atoms with E-state index in [0.717, 1.165) is 11.3 Å². The van der Waals surface area contributed by atoms with E-state index in [0.29, 0.717) is 15.9 Å². The monoisotopic (exact) mass is 450 g/mol. The Morgan fingerprint density at radius 1 is 1.24 bits per heavy atom. The first-order chi connectivity index (χ1) is 13.8. The van der Waals surface area contributed by atoms with Crippen LogP contribution in [0.5, 0.6) is 5.75 Å². The summed E-state index contributed by atoms with van der Waals surface area (Å²) in [5.41, 5.74) is 1.70. The number of benzene rings is 2. The lowest BCUT2D eigenvalue weighted by molar-refractivity contribution is -0.119. The summed E-state index contributed by atoms with van der Waals surface area (Å²) in [6.45, 7) is 1.73. The van der Waals surface area contributed by atoms with Crippen molar-refractivity contribution in [3.63, 3.8) is 0 Å². The molecule has 2 aliphatic rings. The van der Waals surface area contributed by atoms with Crippen LogP contribution in [0, 0.1) is 6.92 Å². The molecular weight excluding hydrogens is 432 g/mol. The van der Waals surface area contributed by atoms with Gasteiger partial charge in [0.25, 0.3) is 5.91 Å². The van der Waals surface area contributed by atoms with Crippen LogP contribution in [0.15, 0.2) is 53.5 Å². The van der Waals surface area contributed by atoms with Crippen molar-refractivity contribution in [2.75, 3.05) is 23.0 Å². The van der Waals surface area contributed by atoms with Crippen LogP contribution in [0.4, 0.5) is 5.69 Å². The van der Waals surface area contributed by atoms with Crippen molar-refractivity contribution in [3.05, 3.63) is 59.1 Å². The van der Waals surface area contributed by atoms with Gasteiger partial charge < -0.3 is 9.64 Å². The number of anilines is 1. The van der Waals surface area contributed by atoms with E-state index in [1.54, 1.807) is 24.3 Å². The zero-order valence-corrected chi connectivity index (χ0v) is 18.0. The Labute approximate surface area is 178 Å². The molecule has 2 fully saturated rings. The summed E-state index contributed by atoms with van der Waals surface area (Å²) in [5, 5.41) is 0.861. The molecule has 2 heterocycles. The molecule has 0 radical (unpaired) electrons. The van der Waals surface area contributed by atoms with Gasteiger partial charge in [-0.3, -0.25) is 4.79 Å². The SMILES string of the molecule is Cc1ccc(Cl)cc1N1C(=NC(=O)COc2ccccc2)SC2CS(=O)(=O)CC21. The number of ether oxygens (including phenoxy) is 1. The number of carbonyl (C=O) groups excluding carboxylic acids is 1. The van der Waals surface area contributed by atoms with Crippen molar-refractivity contribution in [2.24, 2.45) is 4.99 Å². The first kappa shape index (κ1) is 20.3. The third kappa shape index (κ3) is 4.44. The maximum atomic E-state index is 12.5. The molecule has 1 amide bonds. The molecular formula is C20H19ClN2O4S2. The Hall–Kier alpha value is -2.03. The van der Waals surface area contributed by atoms with Gasteiger partial charge in [0.15, 0.2) is 21.6 Å². The molecule has 29 heavy (non-hydrogen) atoms. The largest absolute Gasteiger partial charge is 0.484 e. The van der Waals surface area contributed by atoms with Crippen molar-refractivity contribution >= 4 is 50.0 Å². The van der Waals surface area contributed by atoms with E-state index in [1.165, 1.54) is 11.8 Å². The summed E-state index contributed by atoms with van der Waals surface area (Å²) in [7, 11) is -3.13. The van der Waals surface area contributed by atoms with Gasteiger partial charge in [0.2, 0.25) is 0 Å². The number of aryl methyl sites for hydroxylation is 1. The van der Waals surface area contributed by atoms with Gasteiger partial charge >= 0.3 is 0 Å². The van der Waals surface area contributed by atoms with Gasteiger partial charge in [-0.15, -0.1) is 0 Å². The van der Waals surface area contributed by atoms with E-state index >= 15 is 0 Å². The highest BCUT2D eigenvalue weighted by atomic mass is 35.5. The van der Waals surface area contributed by atoms with Crippen LogP contribution in [0.1, 0.15) is 5.56 Å². The van der Waals surface area contributed by atoms with Crippen LogP contribution in [0.25, 0.3) is 0 Å². The number of nitrogens with zero attached hydrogens (tertiary/aromatic N) is 2. The van der Waals surface area contributed by atoms with Gasteiger partial charge in [0, 0.05) is 16.0 Å². The lowest BCUT2D eigenvalue weighted by atomic mass is 10.1. The van der Waals surface area contributed by atoms with Crippen molar-refractivity contribution in [1.82, 2.24) is 0 Å². The third-order valence-corrected chi connectivity index (χ3v) is 8.27. The smallest absolute Gasteiger partial charge is 0.285 e. The molecule has 4 rings (SSSR count). The van der Waals surface area contributed by atoms with E-state index in [2.05, 4.69) is 4.99 Å². The Bertz CT molecular complexity index is 1070. The Morgan fingerprint density at radius 2 is 2.00 bits per heavy atom. The molecule has 9 heteroatoms. The fourth-order valence-corrected chi connectivity index (χ4v) is 7.58. The predicted octanol–water partition coefficient (Wildman–Crippen LogP) is 3.33. The first-order valence-corrected chi connectivity index (χ1v) is 12.1.